The van der Waals surface area contributed by atoms with Gasteiger partial charge < -0.3 is 20.1 Å². The van der Waals surface area contributed by atoms with Crippen LogP contribution in [0.25, 0.3) is 17.0 Å². The predicted octanol–water partition coefficient (Wildman–Crippen LogP) is 3.55. The van der Waals surface area contributed by atoms with Crippen molar-refractivity contribution in [2.45, 2.75) is 12.5 Å². The molecule has 1 aliphatic heterocycles. The van der Waals surface area contributed by atoms with Crippen molar-refractivity contribution in [3.05, 3.63) is 70.1 Å². The standard InChI is InChI=1S/C21H16ClFN2O4/c22-14-2-4-19-12(6-14)5-13(10-29-19)20(26)25-18(21(27)28)9-16-7-11-1-3-15(23)8-17(11)24-16/h1-8,18,24H,9-10H2,(H,25,26)(H,27,28)/t18-/m1/s1. The fraction of sp³-hybridized carbons (Fsp3) is 0.143. The maximum atomic E-state index is 13.3. The Kier molecular flexibility index (Phi) is 4.98. The van der Waals surface area contributed by atoms with Gasteiger partial charge in [0.25, 0.3) is 5.91 Å². The van der Waals surface area contributed by atoms with Gasteiger partial charge in [0.05, 0.1) is 5.57 Å². The highest BCUT2D eigenvalue weighted by Crippen LogP contribution is 2.29. The van der Waals surface area contributed by atoms with Gasteiger partial charge in [-0.2, -0.15) is 0 Å². The number of carboxylic acid groups (broad SMARTS) is 1. The van der Waals surface area contributed by atoms with Crippen molar-refractivity contribution in [2.75, 3.05) is 6.61 Å². The molecule has 3 N–H and O–H groups in total. The number of hydrogen-bond donors (Lipinski definition) is 3. The zero-order valence-electron chi connectivity index (χ0n) is 15.0. The first kappa shape index (κ1) is 19.0. The SMILES string of the molecule is O=C(N[C@H](Cc1cc2ccc(F)cc2[nH]1)C(=O)O)C1=Cc2cc(Cl)ccc2OC1. The third-order valence-electron chi connectivity index (χ3n) is 4.64. The van der Waals surface area contributed by atoms with Gasteiger partial charge in [0.15, 0.2) is 0 Å². The number of aromatic amines is 1. The Morgan fingerprint density at radius 2 is 2.07 bits per heavy atom. The Morgan fingerprint density at radius 1 is 1.24 bits per heavy atom. The van der Waals surface area contributed by atoms with E-state index in [-0.39, 0.29) is 13.0 Å². The number of nitrogens with one attached hydrogen (secondary N) is 2. The van der Waals surface area contributed by atoms with E-state index in [1.807, 2.05) is 0 Å². The van der Waals surface area contributed by atoms with E-state index in [0.29, 0.717) is 33.1 Å². The van der Waals surface area contributed by atoms with Crippen LogP contribution in [0, 0.1) is 5.82 Å². The van der Waals surface area contributed by atoms with Gasteiger partial charge in [-0.05, 0) is 53.9 Å². The van der Waals surface area contributed by atoms with Crippen LogP contribution in [0.4, 0.5) is 4.39 Å². The fourth-order valence-corrected chi connectivity index (χ4v) is 3.40. The summed E-state index contributed by atoms with van der Waals surface area (Å²) in [6, 6.07) is 9.90. The summed E-state index contributed by atoms with van der Waals surface area (Å²) in [7, 11) is 0. The molecule has 1 aliphatic rings. The van der Waals surface area contributed by atoms with Gasteiger partial charge in [-0.25, -0.2) is 9.18 Å². The van der Waals surface area contributed by atoms with Crippen LogP contribution in [0.3, 0.4) is 0 Å². The molecule has 0 spiro atoms. The van der Waals surface area contributed by atoms with Gasteiger partial charge >= 0.3 is 5.97 Å². The van der Waals surface area contributed by atoms with E-state index in [9.17, 15) is 19.1 Å². The number of carbonyl (C=O) groups excluding carboxylic acids is 1. The number of aliphatic carboxylic acids is 1. The topological polar surface area (TPSA) is 91.4 Å². The second-order valence-corrected chi connectivity index (χ2v) is 7.17. The first-order valence-corrected chi connectivity index (χ1v) is 9.20. The van der Waals surface area contributed by atoms with E-state index < -0.39 is 23.7 Å². The number of carbonyl (C=O) groups is 2. The van der Waals surface area contributed by atoms with Crippen LogP contribution >= 0.6 is 11.6 Å². The summed E-state index contributed by atoms with van der Waals surface area (Å²) in [6.45, 7) is 0.0263. The number of H-pyrrole nitrogens is 1. The van der Waals surface area contributed by atoms with Crippen LogP contribution in [-0.2, 0) is 16.0 Å². The van der Waals surface area contributed by atoms with Gasteiger partial charge in [-0.1, -0.05) is 11.6 Å². The van der Waals surface area contributed by atoms with E-state index >= 15 is 0 Å². The summed E-state index contributed by atoms with van der Waals surface area (Å²) in [5.41, 5.74) is 2.08. The second-order valence-electron chi connectivity index (χ2n) is 6.73. The molecule has 2 heterocycles. The van der Waals surface area contributed by atoms with Crippen molar-refractivity contribution in [3.8, 4) is 5.75 Å². The second kappa shape index (κ2) is 7.60. The molecule has 1 aromatic heterocycles. The molecule has 0 bridgehead atoms. The highest BCUT2D eigenvalue weighted by atomic mass is 35.5. The molecule has 3 aromatic rings. The van der Waals surface area contributed by atoms with Crippen LogP contribution in [0.15, 0.2) is 48.0 Å². The lowest BCUT2D eigenvalue weighted by atomic mass is 10.1. The molecule has 0 fully saturated rings. The van der Waals surface area contributed by atoms with E-state index in [1.54, 1.807) is 36.4 Å². The van der Waals surface area contributed by atoms with E-state index in [2.05, 4.69) is 10.3 Å². The van der Waals surface area contributed by atoms with E-state index in [1.165, 1.54) is 12.1 Å². The lowest BCUT2D eigenvalue weighted by Crippen LogP contribution is -2.43. The number of benzene rings is 2. The molecule has 1 amide bonds. The van der Waals surface area contributed by atoms with E-state index in [4.69, 9.17) is 16.3 Å². The quantitative estimate of drug-likeness (QED) is 0.595. The number of hydrogen-bond acceptors (Lipinski definition) is 3. The number of rotatable bonds is 5. The van der Waals surface area contributed by atoms with Crippen molar-refractivity contribution < 1.29 is 23.8 Å². The Bertz CT molecular complexity index is 1150. The van der Waals surface area contributed by atoms with Gasteiger partial charge in [0.2, 0.25) is 0 Å². The van der Waals surface area contributed by atoms with Gasteiger partial charge in [-0.3, -0.25) is 4.79 Å². The minimum atomic E-state index is -1.18. The normalized spacial score (nSPS) is 13.9. The molecule has 0 radical (unpaired) electrons. The minimum absolute atomic E-state index is 0.0218. The molecule has 29 heavy (non-hydrogen) atoms. The number of amides is 1. The maximum Gasteiger partial charge on any atom is 0.326 e. The Hall–Kier alpha value is -3.32. The molecule has 0 saturated heterocycles. The van der Waals surface area contributed by atoms with Crippen LogP contribution < -0.4 is 10.1 Å². The molecule has 2 aromatic carbocycles. The number of fused-ring (bicyclic) bond motifs is 2. The molecule has 8 heteroatoms. The summed E-state index contributed by atoms with van der Waals surface area (Å²) in [5, 5.41) is 13.3. The van der Waals surface area contributed by atoms with Crippen LogP contribution in [-0.4, -0.2) is 34.6 Å². The minimum Gasteiger partial charge on any atom is -0.488 e. The molecular formula is C21H16ClFN2O4. The van der Waals surface area contributed by atoms with Crippen molar-refractivity contribution in [3.63, 3.8) is 0 Å². The molecule has 6 nitrogen and oxygen atoms in total. The third-order valence-corrected chi connectivity index (χ3v) is 4.88. The number of carboxylic acids is 1. The average molecular weight is 415 g/mol. The van der Waals surface area contributed by atoms with Crippen LogP contribution in [0.5, 0.6) is 5.75 Å². The lowest BCUT2D eigenvalue weighted by Gasteiger charge is -2.20. The summed E-state index contributed by atoms with van der Waals surface area (Å²) in [4.78, 5) is 27.3. The Balaban J connectivity index is 1.52. The molecule has 0 unspecified atom stereocenters. The zero-order valence-corrected chi connectivity index (χ0v) is 15.8. The molecule has 0 saturated carbocycles. The molecular weight excluding hydrogens is 399 g/mol. The third kappa shape index (κ3) is 4.09. The van der Waals surface area contributed by atoms with Crippen molar-refractivity contribution in [2.24, 2.45) is 0 Å². The Morgan fingerprint density at radius 3 is 2.86 bits per heavy atom. The zero-order chi connectivity index (χ0) is 20.5. The summed E-state index contributed by atoms with van der Waals surface area (Å²) < 4.78 is 18.9. The fourth-order valence-electron chi connectivity index (χ4n) is 3.22. The number of aromatic nitrogens is 1. The predicted molar refractivity (Wildman–Crippen MR) is 106 cm³/mol. The smallest absolute Gasteiger partial charge is 0.326 e. The van der Waals surface area contributed by atoms with Gasteiger partial charge in [0, 0.05) is 28.2 Å². The largest absolute Gasteiger partial charge is 0.488 e. The van der Waals surface area contributed by atoms with Crippen molar-refractivity contribution in [1.82, 2.24) is 10.3 Å². The highest BCUT2D eigenvalue weighted by molar-refractivity contribution is 6.30. The first-order chi connectivity index (χ1) is 13.9. The highest BCUT2D eigenvalue weighted by Gasteiger charge is 2.25. The molecule has 4 rings (SSSR count). The van der Waals surface area contributed by atoms with Crippen LogP contribution in [0.1, 0.15) is 11.3 Å². The maximum absolute atomic E-state index is 13.3. The number of ether oxygens (including phenoxy) is 1. The van der Waals surface area contributed by atoms with Gasteiger partial charge in [0.1, 0.15) is 24.2 Å². The van der Waals surface area contributed by atoms with Gasteiger partial charge in [-0.15, -0.1) is 0 Å². The molecule has 148 valence electrons. The van der Waals surface area contributed by atoms with Crippen molar-refractivity contribution >= 4 is 40.5 Å². The lowest BCUT2D eigenvalue weighted by molar-refractivity contribution is -0.141. The van der Waals surface area contributed by atoms with Crippen LogP contribution in [0.2, 0.25) is 5.02 Å². The summed E-state index contributed by atoms with van der Waals surface area (Å²) in [6.07, 6.45) is 1.65. The van der Waals surface area contributed by atoms with E-state index in [0.717, 1.165) is 5.39 Å². The molecule has 0 aliphatic carbocycles. The summed E-state index contributed by atoms with van der Waals surface area (Å²) >= 11 is 5.97. The first-order valence-electron chi connectivity index (χ1n) is 8.83. The Labute approximate surface area is 169 Å². The summed E-state index contributed by atoms with van der Waals surface area (Å²) in [5.74, 6) is -1.50. The number of halogens is 2. The molecule has 1 atom stereocenters. The monoisotopic (exact) mass is 414 g/mol. The van der Waals surface area contributed by atoms with Crippen molar-refractivity contribution in [1.29, 1.82) is 0 Å². The average Bonchev–Trinajstić information content (AvgIpc) is 3.08.